The maximum absolute atomic E-state index is 11.7. The molecule has 1 heterocycles. The van der Waals surface area contributed by atoms with Gasteiger partial charge in [-0.1, -0.05) is 13.8 Å². The SMILES string of the molecule is CC(C)(CN)CNC(=O)c1ccc(Br)s1. The van der Waals surface area contributed by atoms with Crippen LogP contribution in [0.2, 0.25) is 0 Å². The number of halogens is 1. The molecule has 0 saturated heterocycles. The first-order valence-corrected chi connectivity index (χ1v) is 6.29. The summed E-state index contributed by atoms with van der Waals surface area (Å²) in [5.74, 6) is -0.0350. The largest absolute Gasteiger partial charge is 0.351 e. The third kappa shape index (κ3) is 3.93. The molecule has 1 aromatic heterocycles. The van der Waals surface area contributed by atoms with Gasteiger partial charge >= 0.3 is 0 Å². The molecular weight excluding hydrogens is 276 g/mol. The van der Waals surface area contributed by atoms with Gasteiger partial charge in [0.1, 0.15) is 0 Å². The molecule has 84 valence electrons. The van der Waals surface area contributed by atoms with Gasteiger partial charge in [0.25, 0.3) is 5.91 Å². The highest BCUT2D eigenvalue weighted by Crippen LogP contribution is 2.22. The molecule has 0 spiro atoms. The third-order valence-electron chi connectivity index (χ3n) is 2.08. The topological polar surface area (TPSA) is 55.1 Å². The number of carbonyl (C=O) groups excluding carboxylic acids is 1. The number of carbonyl (C=O) groups is 1. The number of thiophene rings is 1. The Kier molecular flexibility index (Phi) is 4.31. The Balaban J connectivity index is 2.50. The molecular formula is C10H15BrN2OS. The second-order valence-electron chi connectivity index (χ2n) is 4.15. The van der Waals surface area contributed by atoms with Crippen molar-refractivity contribution in [1.82, 2.24) is 5.32 Å². The fourth-order valence-corrected chi connectivity index (χ4v) is 2.22. The van der Waals surface area contributed by atoms with Gasteiger partial charge < -0.3 is 11.1 Å². The zero-order valence-electron chi connectivity index (χ0n) is 8.84. The molecule has 0 fully saturated rings. The zero-order chi connectivity index (χ0) is 11.5. The van der Waals surface area contributed by atoms with E-state index in [9.17, 15) is 4.79 Å². The van der Waals surface area contributed by atoms with Crippen LogP contribution in [0.1, 0.15) is 23.5 Å². The predicted octanol–water partition coefficient (Wildman–Crippen LogP) is 2.23. The van der Waals surface area contributed by atoms with Crippen LogP contribution in [-0.2, 0) is 0 Å². The number of amides is 1. The minimum atomic E-state index is -0.0514. The first-order chi connectivity index (χ1) is 6.94. The van der Waals surface area contributed by atoms with Crippen molar-refractivity contribution in [3.63, 3.8) is 0 Å². The quantitative estimate of drug-likeness (QED) is 0.893. The zero-order valence-corrected chi connectivity index (χ0v) is 11.2. The van der Waals surface area contributed by atoms with E-state index in [0.717, 1.165) is 8.66 Å². The molecule has 0 bridgehead atoms. The number of hydrogen-bond donors (Lipinski definition) is 2. The molecule has 3 N–H and O–H groups in total. The van der Waals surface area contributed by atoms with E-state index in [0.29, 0.717) is 13.1 Å². The highest BCUT2D eigenvalue weighted by atomic mass is 79.9. The molecule has 0 aliphatic rings. The van der Waals surface area contributed by atoms with Gasteiger partial charge in [-0.15, -0.1) is 11.3 Å². The molecule has 1 rings (SSSR count). The van der Waals surface area contributed by atoms with Crippen molar-refractivity contribution < 1.29 is 4.79 Å². The van der Waals surface area contributed by atoms with Gasteiger partial charge in [-0.3, -0.25) is 4.79 Å². The summed E-state index contributed by atoms with van der Waals surface area (Å²) in [6, 6.07) is 3.67. The summed E-state index contributed by atoms with van der Waals surface area (Å²) in [5.41, 5.74) is 5.53. The molecule has 0 aliphatic carbocycles. The number of nitrogens with two attached hydrogens (primary N) is 1. The van der Waals surface area contributed by atoms with Crippen LogP contribution < -0.4 is 11.1 Å². The fourth-order valence-electron chi connectivity index (χ4n) is 0.915. The van der Waals surface area contributed by atoms with E-state index in [-0.39, 0.29) is 11.3 Å². The summed E-state index contributed by atoms with van der Waals surface area (Å²) in [7, 11) is 0. The van der Waals surface area contributed by atoms with E-state index in [4.69, 9.17) is 5.73 Å². The smallest absolute Gasteiger partial charge is 0.261 e. The minimum absolute atomic E-state index is 0.0350. The highest BCUT2D eigenvalue weighted by Gasteiger charge is 2.17. The van der Waals surface area contributed by atoms with Crippen molar-refractivity contribution in [3.8, 4) is 0 Å². The van der Waals surface area contributed by atoms with E-state index in [1.807, 2.05) is 19.9 Å². The van der Waals surface area contributed by atoms with Gasteiger partial charge in [-0.2, -0.15) is 0 Å². The summed E-state index contributed by atoms with van der Waals surface area (Å²) < 4.78 is 0.964. The number of nitrogens with one attached hydrogen (secondary N) is 1. The average Bonchev–Trinajstić information content (AvgIpc) is 2.61. The van der Waals surface area contributed by atoms with E-state index in [2.05, 4.69) is 21.2 Å². The van der Waals surface area contributed by atoms with E-state index >= 15 is 0 Å². The lowest BCUT2D eigenvalue weighted by Crippen LogP contribution is -2.38. The molecule has 5 heteroatoms. The molecule has 3 nitrogen and oxygen atoms in total. The first kappa shape index (κ1) is 12.7. The van der Waals surface area contributed by atoms with Crippen molar-refractivity contribution in [2.75, 3.05) is 13.1 Å². The standard InChI is InChI=1S/C10H15BrN2OS/c1-10(2,5-12)6-13-9(14)7-3-4-8(11)15-7/h3-4H,5-6,12H2,1-2H3,(H,13,14). The minimum Gasteiger partial charge on any atom is -0.351 e. The van der Waals surface area contributed by atoms with Gasteiger partial charge in [-0.05, 0) is 40.0 Å². The first-order valence-electron chi connectivity index (χ1n) is 4.68. The van der Waals surface area contributed by atoms with Crippen molar-refractivity contribution >= 4 is 33.2 Å². The summed E-state index contributed by atoms with van der Waals surface area (Å²) in [6.45, 7) is 5.20. The van der Waals surface area contributed by atoms with Crippen LogP contribution in [0.15, 0.2) is 15.9 Å². The van der Waals surface area contributed by atoms with E-state index < -0.39 is 0 Å². The van der Waals surface area contributed by atoms with Crippen LogP contribution in [-0.4, -0.2) is 19.0 Å². The van der Waals surface area contributed by atoms with Gasteiger partial charge in [0, 0.05) is 6.54 Å². The molecule has 0 atom stereocenters. The summed E-state index contributed by atoms with van der Waals surface area (Å²) in [4.78, 5) is 12.4. The summed E-state index contributed by atoms with van der Waals surface area (Å²) in [6.07, 6.45) is 0. The van der Waals surface area contributed by atoms with E-state index in [1.165, 1.54) is 11.3 Å². The Hall–Kier alpha value is -0.390. The summed E-state index contributed by atoms with van der Waals surface area (Å²) >= 11 is 4.75. The van der Waals surface area contributed by atoms with Crippen LogP contribution in [0, 0.1) is 5.41 Å². The van der Waals surface area contributed by atoms with Crippen molar-refractivity contribution in [2.45, 2.75) is 13.8 Å². The van der Waals surface area contributed by atoms with Crippen LogP contribution in [0.4, 0.5) is 0 Å². The molecule has 0 aliphatic heterocycles. The Labute approximate surface area is 102 Å². The van der Waals surface area contributed by atoms with Crippen LogP contribution in [0.25, 0.3) is 0 Å². The normalized spacial score (nSPS) is 11.5. The van der Waals surface area contributed by atoms with Gasteiger partial charge in [0.15, 0.2) is 0 Å². The summed E-state index contributed by atoms with van der Waals surface area (Å²) in [5, 5.41) is 2.87. The third-order valence-corrected chi connectivity index (χ3v) is 3.70. The van der Waals surface area contributed by atoms with E-state index in [1.54, 1.807) is 6.07 Å². The van der Waals surface area contributed by atoms with Crippen molar-refractivity contribution in [1.29, 1.82) is 0 Å². The maximum atomic E-state index is 11.7. The van der Waals surface area contributed by atoms with Crippen molar-refractivity contribution in [3.05, 3.63) is 20.8 Å². The Bertz CT molecular complexity index is 349. The Morgan fingerprint density at radius 3 is 2.73 bits per heavy atom. The lowest BCUT2D eigenvalue weighted by Gasteiger charge is -2.22. The van der Waals surface area contributed by atoms with Gasteiger partial charge in [-0.25, -0.2) is 0 Å². The molecule has 0 aromatic carbocycles. The molecule has 1 amide bonds. The highest BCUT2D eigenvalue weighted by molar-refractivity contribution is 9.11. The Morgan fingerprint density at radius 1 is 1.60 bits per heavy atom. The molecule has 0 radical (unpaired) electrons. The molecule has 15 heavy (non-hydrogen) atoms. The maximum Gasteiger partial charge on any atom is 0.261 e. The predicted molar refractivity (Wildman–Crippen MR) is 67.2 cm³/mol. The second kappa shape index (κ2) is 5.09. The number of hydrogen-bond acceptors (Lipinski definition) is 3. The second-order valence-corrected chi connectivity index (χ2v) is 6.62. The van der Waals surface area contributed by atoms with Gasteiger partial charge in [0.2, 0.25) is 0 Å². The van der Waals surface area contributed by atoms with Crippen LogP contribution in [0.5, 0.6) is 0 Å². The average molecular weight is 291 g/mol. The molecule has 1 aromatic rings. The fraction of sp³-hybridized carbons (Fsp3) is 0.500. The monoisotopic (exact) mass is 290 g/mol. The van der Waals surface area contributed by atoms with Gasteiger partial charge in [0.05, 0.1) is 8.66 Å². The number of rotatable bonds is 4. The van der Waals surface area contributed by atoms with Crippen LogP contribution >= 0.6 is 27.3 Å². The lowest BCUT2D eigenvalue weighted by molar-refractivity contribution is 0.0942. The molecule has 0 saturated carbocycles. The molecule has 0 unspecified atom stereocenters. The lowest BCUT2D eigenvalue weighted by atomic mass is 9.94. The Morgan fingerprint density at radius 2 is 2.27 bits per heavy atom. The van der Waals surface area contributed by atoms with Crippen molar-refractivity contribution in [2.24, 2.45) is 11.1 Å². The van der Waals surface area contributed by atoms with Crippen LogP contribution in [0.3, 0.4) is 0 Å².